The van der Waals surface area contributed by atoms with Gasteiger partial charge >= 0.3 is 5.69 Å². The maximum Gasteiger partial charge on any atom is 0.345 e. The van der Waals surface area contributed by atoms with E-state index in [0.717, 1.165) is 16.8 Å². The van der Waals surface area contributed by atoms with Crippen molar-refractivity contribution < 1.29 is 4.79 Å². The molecule has 1 aromatic carbocycles. The fraction of sp³-hybridized carbons (Fsp3) is 0.214. The maximum atomic E-state index is 11.9. The van der Waals surface area contributed by atoms with E-state index in [2.05, 4.69) is 15.3 Å². The Morgan fingerprint density at radius 1 is 1.35 bits per heavy atom. The topological polar surface area (TPSA) is 74.8 Å². The summed E-state index contributed by atoms with van der Waals surface area (Å²) in [6, 6.07) is 7.57. The highest BCUT2D eigenvalue weighted by atomic mass is 32.2. The number of nitrogens with zero attached hydrogens (tertiary/aromatic N) is 1. The summed E-state index contributed by atoms with van der Waals surface area (Å²) in [6.07, 6.45) is 1.42. The minimum atomic E-state index is -0.412. The smallest absolute Gasteiger partial charge is 0.325 e. The molecule has 0 aliphatic heterocycles. The third kappa shape index (κ3) is 3.96. The van der Waals surface area contributed by atoms with Crippen molar-refractivity contribution in [1.29, 1.82) is 0 Å². The number of hydrogen-bond donors (Lipinski definition) is 2. The van der Waals surface area contributed by atoms with Crippen LogP contribution in [0.4, 0.5) is 5.69 Å². The van der Waals surface area contributed by atoms with Gasteiger partial charge in [0.15, 0.2) is 0 Å². The minimum absolute atomic E-state index is 0.110. The summed E-state index contributed by atoms with van der Waals surface area (Å²) in [6.45, 7) is 3.92. The van der Waals surface area contributed by atoms with Gasteiger partial charge in [-0.1, -0.05) is 23.9 Å². The zero-order valence-corrected chi connectivity index (χ0v) is 12.1. The van der Waals surface area contributed by atoms with E-state index in [9.17, 15) is 9.59 Å². The van der Waals surface area contributed by atoms with Crippen molar-refractivity contribution in [2.24, 2.45) is 0 Å². The number of carbonyl (C=O) groups is 1. The number of nitrogens with one attached hydrogen (secondary N) is 2. The van der Waals surface area contributed by atoms with Gasteiger partial charge in [-0.15, -0.1) is 0 Å². The molecule has 0 atom stereocenters. The van der Waals surface area contributed by atoms with Gasteiger partial charge in [-0.05, 0) is 37.1 Å². The molecule has 0 spiro atoms. The first-order valence-corrected chi connectivity index (χ1v) is 7.08. The standard InChI is InChI=1S/C14H15N3O2S/c1-9-3-4-10(2)11(7-9)16-12(18)8-20-13-5-6-15-14(19)17-13/h3-7H,8H2,1-2H3,(H,16,18)(H,15,17,19). The largest absolute Gasteiger partial charge is 0.345 e. The fourth-order valence-corrected chi connectivity index (χ4v) is 2.31. The Hall–Kier alpha value is -2.08. The second-order valence-corrected chi connectivity index (χ2v) is 5.41. The molecular formula is C14H15N3O2S. The lowest BCUT2D eigenvalue weighted by atomic mass is 10.1. The molecule has 0 aliphatic carbocycles. The van der Waals surface area contributed by atoms with Crippen LogP contribution in [-0.2, 0) is 4.79 Å². The van der Waals surface area contributed by atoms with E-state index in [4.69, 9.17) is 0 Å². The number of amides is 1. The van der Waals surface area contributed by atoms with E-state index < -0.39 is 5.69 Å². The van der Waals surface area contributed by atoms with Crippen molar-refractivity contribution in [3.8, 4) is 0 Å². The maximum absolute atomic E-state index is 11.9. The zero-order chi connectivity index (χ0) is 14.5. The van der Waals surface area contributed by atoms with Crippen LogP contribution in [0.15, 0.2) is 40.3 Å². The van der Waals surface area contributed by atoms with Crippen LogP contribution in [-0.4, -0.2) is 21.6 Å². The summed E-state index contributed by atoms with van der Waals surface area (Å²) in [5.41, 5.74) is 2.52. The molecule has 0 saturated heterocycles. The van der Waals surface area contributed by atoms with Gasteiger partial charge in [-0.3, -0.25) is 4.79 Å². The summed E-state index contributed by atoms with van der Waals surface area (Å²) < 4.78 is 0. The average molecular weight is 289 g/mol. The number of benzene rings is 1. The first-order valence-electron chi connectivity index (χ1n) is 6.10. The molecule has 0 saturated carbocycles. The summed E-state index contributed by atoms with van der Waals surface area (Å²) >= 11 is 1.26. The molecule has 0 bridgehead atoms. The van der Waals surface area contributed by atoms with Crippen molar-refractivity contribution in [2.75, 3.05) is 11.1 Å². The Bertz CT molecular complexity index is 682. The highest BCUT2D eigenvalue weighted by molar-refractivity contribution is 7.99. The number of rotatable bonds is 4. The Kier molecular flexibility index (Phi) is 4.57. The molecule has 0 radical (unpaired) electrons. The molecule has 2 rings (SSSR count). The van der Waals surface area contributed by atoms with E-state index in [1.54, 1.807) is 6.07 Å². The predicted octanol–water partition coefficient (Wildman–Crippen LogP) is 2.12. The van der Waals surface area contributed by atoms with E-state index in [1.807, 2.05) is 32.0 Å². The first kappa shape index (κ1) is 14.3. The van der Waals surface area contributed by atoms with E-state index >= 15 is 0 Å². The Balaban J connectivity index is 1.96. The third-order valence-corrected chi connectivity index (χ3v) is 3.63. The van der Waals surface area contributed by atoms with Gasteiger partial charge in [0.05, 0.1) is 10.8 Å². The van der Waals surface area contributed by atoms with Crippen molar-refractivity contribution in [3.05, 3.63) is 52.1 Å². The molecule has 2 aromatic rings. The van der Waals surface area contributed by atoms with Gasteiger partial charge in [-0.25, -0.2) is 9.78 Å². The van der Waals surface area contributed by atoms with E-state index in [1.165, 1.54) is 18.0 Å². The second-order valence-electron chi connectivity index (χ2n) is 4.39. The Morgan fingerprint density at radius 3 is 2.90 bits per heavy atom. The van der Waals surface area contributed by atoms with Crippen LogP contribution in [0.3, 0.4) is 0 Å². The zero-order valence-electron chi connectivity index (χ0n) is 11.3. The summed E-state index contributed by atoms with van der Waals surface area (Å²) in [4.78, 5) is 29.0. The molecule has 0 aliphatic rings. The van der Waals surface area contributed by atoms with Crippen LogP contribution >= 0.6 is 11.8 Å². The number of H-pyrrole nitrogens is 1. The first-order chi connectivity index (χ1) is 9.54. The predicted molar refractivity (Wildman–Crippen MR) is 80.1 cm³/mol. The molecular weight excluding hydrogens is 274 g/mol. The van der Waals surface area contributed by atoms with Gasteiger partial charge in [-0.2, -0.15) is 0 Å². The van der Waals surface area contributed by atoms with Gasteiger partial charge in [0, 0.05) is 11.9 Å². The Morgan fingerprint density at radius 2 is 2.15 bits per heavy atom. The van der Waals surface area contributed by atoms with E-state index in [-0.39, 0.29) is 11.7 Å². The third-order valence-electron chi connectivity index (χ3n) is 2.67. The summed E-state index contributed by atoms with van der Waals surface area (Å²) in [7, 11) is 0. The number of aryl methyl sites for hydroxylation is 2. The van der Waals surface area contributed by atoms with Gasteiger partial charge in [0.25, 0.3) is 0 Å². The summed E-state index contributed by atoms with van der Waals surface area (Å²) in [5, 5.41) is 3.49. The van der Waals surface area contributed by atoms with Gasteiger partial charge in [0.1, 0.15) is 0 Å². The van der Waals surface area contributed by atoms with Crippen LogP contribution < -0.4 is 11.0 Å². The van der Waals surface area contributed by atoms with Crippen LogP contribution in [0.1, 0.15) is 11.1 Å². The van der Waals surface area contributed by atoms with Crippen LogP contribution in [0.2, 0.25) is 0 Å². The lowest BCUT2D eigenvalue weighted by molar-refractivity contribution is -0.113. The lowest BCUT2D eigenvalue weighted by Crippen LogP contribution is -2.16. The van der Waals surface area contributed by atoms with Gasteiger partial charge < -0.3 is 10.3 Å². The number of aromatic amines is 1. The van der Waals surface area contributed by atoms with Crippen LogP contribution in [0.5, 0.6) is 0 Å². The molecule has 1 heterocycles. The quantitative estimate of drug-likeness (QED) is 0.668. The molecule has 104 valence electrons. The van der Waals surface area contributed by atoms with Crippen molar-refractivity contribution in [3.63, 3.8) is 0 Å². The number of anilines is 1. The Labute approximate surface area is 120 Å². The normalized spacial score (nSPS) is 10.3. The number of thioether (sulfide) groups is 1. The fourth-order valence-electron chi connectivity index (χ4n) is 1.64. The molecule has 2 N–H and O–H groups in total. The molecule has 1 amide bonds. The molecule has 0 unspecified atom stereocenters. The SMILES string of the molecule is Cc1ccc(C)c(NC(=O)CSc2ccnc(=O)[nH]2)c1. The minimum Gasteiger partial charge on any atom is -0.325 e. The van der Waals surface area contributed by atoms with E-state index in [0.29, 0.717) is 5.03 Å². The molecule has 5 nitrogen and oxygen atoms in total. The second kappa shape index (κ2) is 6.38. The lowest BCUT2D eigenvalue weighted by Gasteiger charge is -2.09. The highest BCUT2D eigenvalue weighted by Gasteiger charge is 2.06. The monoisotopic (exact) mass is 289 g/mol. The summed E-state index contributed by atoms with van der Waals surface area (Å²) in [5.74, 6) is 0.120. The van der Waals surface area contributed by atoms with Crippen LogP contribution in [0.25, 0.3) is 0 Å². The number of hydrogen-bond acceptors (Lipinski definition) is 4. The van der Waals surface area contributed by atoms with Crippen molar-refractivity contribution in [2.45, 2.75) is 18.9 Å². The molecule has 1 aromatic heterocycles. The molecule has 6 heteroatoms. The number of aromatic nitrogens is 2. The molecule has 0 fully saturated rings. The van der Waals surface area contributed by atoms with Crippen molar-refractivity contribution in [1.82, 2.24) is 9.97 Å². The molecule has 20 heavy (non-hydrogen) atoms. The van der Waals surface area contributed by atoms with Gasteiger partial charge in [0.2, 0.25) is 5.91 Å². The average Bonchev–Trinajstić information content (AvgIpc) is 2.41. The highest BCUT2D eigenvalue weighted by Crippen LogP contribution is 2.18. The van der Waals surface area contributed by atoms with Crippen molar-refractivity contribution >= 4 is 23.4 Å². The van der Waals surface area contributed by atoms with Crippen LogP contribution in [0, 0.1) is 13.8 Å². The number of carbonyl (C=O) groups excluding carboxylic acids is 1.